The largest absolute Gasteiger partial charge is 0.383 e. The summed E-state index contributed by atoms with van der Waals surface area (Å²) in [6, 6.07) is 7.08. The number of benzene rings is 1. The van der Waals surface area contributed by atoms with Crippen molar-refractivity contribution in [2.24, 2.45) is 0 Å². The molecule has 2 heterocycles. The average molecular weight is 341 g/mol. The Morgan fingerprint density at radius 2 is 2.12 bits per heavy atom. The second kappa shape index (κ2) is 6.63. The molecule has 0 atom stereocenters. The molecule has 0 unspecified atom stereocenters. The number of hydrogen-bond donors (Lipinski definition) is 2. The minimum absolute atomic E-state index is 0.0516. The van der Waals surface area contributed by atoms with E-state index in [0.29, 0.717) is 10.8 Å². The van der Waals surface area contributed by atoms with E-state index in [0.717, 1.165) is 22.5 Å². The van der Waals surface area contributed by atoms with Gasteiger partial charge in [-0.2, -0.15) is 0 Å². The Bertz CT molecular complexity index is 879. The van der Waals surface area contributed by atoms with Gasteiger partial charge in [0.2, 0.25) is 0 Å². The molecule has 0 saturated heterocycles. The lowest BCUT2D eigenvalue weighted by Gasteiger charge is -2.10. The molecule has 0 radical (unpaired) electrons. The van der Waals surface area contributed by atoms with Crippen LogP contribution in [0, 0.1) is 17.0 Å². The van der Waals surface area contributed by atoms with E-state index in [4.69, 9.17) is 0 Å². The molecule has 0 fully saturated rings. The van der Waals surface area contributed by atoms with Gasteiger partial charge in [0.05, 0.1) is 10.6 Å². The number of rotatable bonds is 5. The monoisotopic (exact) mass is 341 g/mol. The van der Waals surface area contributed by atoms with Gasteiger partial charge in [-0.3, -0.25) is 15.1 Å². The third-order valence-electron chi connectivity index (χ3n) is 3.51. The maximum Gasteiger partial charge on any atom is 0.292 e. The van der Waals surface area contributed by atoms with Gasteiger partial charge in [0.1, 0.15) is 5.69 Å². The summed E-state index contributed by atoms with van der Waals surface area (Å²) in [4.78, 5) is 19.3. The zero-order valence-corrected chi connectivity index (χ0v) is 13.9. The predicted molar refractivity (Wildman–Crippen MR) is 96.0 cm³/mol. The lowest BCUT2D eigenvalue weighted by Crippen LogP contribution is -2.00. The van der Waals surface area contributed by atoms with Gasteiger partial charge < -0.3 is 10.6 Å². The number of nitro benzene ring substituents is 1. The molecule has 122 valence electrons. The predicted octanol–water partition coefficient (Wildman–Crippen LogP) is 4.21. The van der Waals surface area contributed by atoms with Crippen molar-refractivity contribution in [3.8, 4) is 11.3 Å². The first-order valence-corrected chi connectivity index (χ1v) is 8.06. The molecule has 24 heavy (non-hydrogen) atoms. The third kappa shape index (κ3) is 3.18. The summed E-state index contributed by atoms with van der Waals surface area (Å²) < 4.78 is 0. The van der Waals surface area contributed by atoms with Gasteiger partial charge in [0, 0.05) is 42.1 Å². The second-order valence-electron chi connectivity index (χ2n) is 5.10. The second-order valence-corrected chi connectivity index (χ2v) is 5.95. The standard InChI is InChI=1S/C16H15N5O2S/c1-10-6-15(21(22)23)13(17-2)7-12(10)19-16-20-14(9-24-16)11-4-3-5-18-8-11/h3-9,17H,1-2H3,(H,19,20). The van der Waals surface area contributed by atoms with E-state index >= 15 is 0 Å². The van der Waals surface area contributed by atoms with Crippen LogP contribution in [0.1, 0.15) is 5.56 Å². The molecule has 0 saturated carbocycles. The van der Waals surface area contributed by atoms with Crippen LogP contribution in [-0.2, 0) is 0 Å². The zero-order chi connectivity index (χ0) is 17.1. The molecule has 0 spiro atoms. The molecular formula is C16H15N5O2S. The number of aryl methyl sites for hydroxylation is 1. The summed E-state index contributed by atoms with van der Waals surface area (Å²) in [5.74, 6) is 0. The highest BCUT2D eigenvalue weighted by atomic mass is 32.1. The Kier molecular flexibility index (Phi) is 4.39. The van der Waals surface area contributed by atoms with Crippen LogP contribution in [0.25, 0.3) is 11.3 Å². The summed E-state index contributed by atoms with van der Waals surface area (Å²) in [6.45, 7) is 1.82. The fourth-order valence-electron chi connectivity index (χ4n) is 2.27. The maximum absolute atomic E-state index is 11.1. The Hall–Kier alpha value is -3.00. The average Bonchev–Trinajstić information content (AvgIpc) is 3.05. The summed E-state index contributed by atoms with van der Waals surface area (Å²) in [5, 5.41) is 19.8. The highest BCUT2D eigenvalue weighted by Crippen LogP contribution is 2.33. The molecule has 0 aliphatic rings. The highest BCUT2D eigenvalue weighted by molar-refractivity contribution is 7.14. The topological polar surface area (TPSA) is 93.0 Å². The fraction of sp³-hybridized carbons (Fsp3) is 0.125. The lowest BCUT2D eigenvalue weighted by molar-refractivity contribution is -0.384. The van der Waals surface area contributed by atoms with Crippen LogP contribution >= 0.6 is 11.3 Å². The molecule has 1 aromatic carbocycles. The van der Waals surface area contributed by atoms with Crippen LogP contribution in [0.15, 0.2) is 42.0 Å². The van der Waals surface area contributed by atoms with E-state index in [1.54, 1.807) is 31.6 Å². The van der Waals surface area contributed by atoms with Crippen molar-refractivity contribution in [2.75, 3.05) is 17.7 Å². The number of hydrogen-bond acceptors (Lipinski definition) is 7. The SMILES string of the molecule is CNc1cc(Nc2nc(-c3cccnc3)cs2)c(C)cc1[N+](=O)[O-]. The van der Waals surface area contributed by atoms with E-state index in [2.05, 4.69) is 20.6 Å². The minimum Gasteiger partial charge on any atom is -0.383 e. The molecule has 2 aromatic heterocycles. The number of nitro groups is 1. The molecule has 3 aromatic rings. The Labute approximate surface area is 142 Å². The van der Waals surface area contributed by atoms with E-state index in [-0.39, 0.29) is 5.69 Å². The molecule has 0 amide bonds. The molecule has 0 bridgehead atoms. The summed E-state index contributed by atoms with van der Waals surface area (Å²) in [7, 11) is 1.66. The van der Waals surface area contributed by atoms with Crippen molar-refractivity contribution in [1.29, 1.82) is 0 Å². The van der Waals surface area contributed by atoms with Crippen molar-refractivity contribution < 1.29 is 4.92 Å². The van der Waals surface area contributed by atoms with Crippen molar-refractivity contribution in [2.45, 2.75) is 6.92 Å². The molecule has 0 aliphatic carbocycles. The Balaban J connectivity index is 1.89. The number of pyridine rings is 1. The van der Waals surface area contributed by atoms with E-state index < -0.39 is 4.92 Å². The van der Waals surface area contributed by atoms with E-state index in [1.165, 1.54) is 11.3 Å². The number of aromatic nitrogens is 2. The summed E-state index contributed by atoms with van der Waals surface area (Å²) >= 11 is 1.47. The van der Waals surface area contributed by atoms with E-state index in [1.807, 2.05) is 24.4 Å². The van der Waals surface area contributed by atoms with Crippen LogP contribution in [0.2, 0.25) is 0 Å². The normalized spacial score (nSPS) is 10.4. The van der Waals surface area contributed by atoms with Gasteiger partial charge in [-0.05, 0) is 30.7 Å². The lowest BCUT2D eigenvalue weighted by atomic mass is 10.1. The van der Waals surface area contributed by atoms with Crippen molar-refractivity contribution in [1.82, 2.24) is 9.97 Å². The fourth-order valence-corrected chi connectivity index (χ4v) is 3.00. The van der Waals surface area contributed by atoms with Crippen LogP contribution in [-0.4, -0.2) is 21.9 Å². The zero-order valence-electron chi connectivity index (χ0n) is 13.1. The first-order chi connectivity index (χ1) is 11.6. The van der Waals surface area contributed by atoms with Gasteiger partial charge in [0.25, 0.3) is 5.69 Å². The first kappa shape index (κ1) is 15.9. The van der Waals surface area contributed by atoms with Gasteiger partial charge in [-0.1, -0.05) is 0 Å². The third-order valence-corrected chi connectivity index (χ3v) is 4.27. The first-order valence-electron chi connectivity index (χ1n) is 7.18. The highest BCUT2D eigenvalue weighted by Gasteiger charge is 2.16. The molecule has 7 nitrogen and oxygen atoms in total. The molecule has 2 N–H and O–H groups in total. The number of nitrogens with zero attached hydrogens (tertiary/aromatic N) is 3. The Morgan fingerprint density at radius 1 is 1.29 bits per heavy atom. The quantitative estimate of drug-likeness (QED) is 0.533. The summed E-state index contributed by atoms with van der Waals surface area (Å²) in [5.41, 5.74) is 3.84. The molecular weight excluding hydrogens is 326 g/mol. The number of thiazole rings is 1. The number of nitrogens with one attached hydrogen (secondary N) is 2. The van der Waals surface area contributed by atoms with Gasteiger partial charge in [0.15, 0.2) is 5.13 Å². The van der Waals surface area contributed by atoms with Crippen LogP contribution in [0.5, 0.6) is 0 Å². The van der Waals surface area contributed by atoms with Crippen molar-refractivity contribution >= 4 is 33.5 Å². The van der Waals surface area contributed by atoms with Gasteiger partial charge in [-0.15, -0.1) is 11.3 Å². The minimum atomic E-state index is -0.396. The smallest absolute Gasteiger partial charge is 0.292 e. The van der Waals surface area contributed by atoms with E-state index in [9.17, 15) is 10.1 Å². The molecule has 3 rings (SSSR count). The summed E-state index contributed by atoms with van der Waals surface area (Å²) in [6.07, 6.45) is 3.48. The maximum atomic E-state index is 11.1. The van der Waals surface area contributed by atoms with Crippen molar-refractivity contribution in [3.63, 3.8) is 0 Å². The van der Waals surface area contributed by atoms with Crippen LogP contribution in [0.4, 0.5) is 22.2 Å². The number of anilines is 3. The Morgan fingerprint density at radius 3 is 2.79 bits per heavy atom. The van der Waals surface area contributed by atoms with Gasteiger partial charge in [-0.25, -0.2) is 4.98 Å². The molecule has 0 aliphatic heterocycles. The van der Waals surface area contributed by atoms with Crippen molar-refractivity contribution in [3.05, 3.63) is 57.7 Å². The van der Waals surface area contributed by atoms with Gasteiger partial charge >= 0.3 is 0 Å². The molecule has 8 heteroatoms. The van der Waals surface area contributed by atoms with Crippen LogP contribution in [0.3, 0.4) is 0 Å². The van der Waals surface area contributed by atoms with Crippen LogP contribution < -0.4 is 10.6 Å².